The molecule has 0 heterocycles. The fraction of sp³-hybridized carbons (Fsp3) is 0.333. The summed E-state index contributed by atoms with van der Waals surface area (Å²) >= 11 is 0. The fourth-order valence-electron chi connectivity index (χ4n) is 0.595. The van der Waals surface area contributed by atoms with Crippen LogP contribution in [-0.2, 0) is 19.1 Å². The van der Waals surface area contributed by atoms with Gasteiger partial charge in [0.05, 0.1) is 0 Å². The van der Waals surface area contributed by atoms with Crippen LogP contribution in [0, 0.1) is 11.8 Å². The maximum Gasteiger partial charge on any atom is 0.385 e. The van der Waals surface area contributed by atoms with Crippen molar-refractivity contribution in [3.63, 3.8) is 0 Å². The van der Waals surface area contributed by atoms with Gasteiger partial charge in [-0.3, -0.25) is 0 Å². The van der Waals surface area contributed by atoms with Crippen molar-refractivity contribution in [2.24, 2.45) is 0 Å². The monoisotopic (exact) mass is 222 g/mol. The Kier molecular flexibility index (Phi) is 6.37. The number of hydrogen-bond donors (Lipinski definition) is 0. The Morgan fingerprint density at radius 3 is 1.56 bits per heavy atom. The maximum atomic E-state index is 11.0. The van der Waals surface area contributed by atoms with Gasteiger partial charge in [-0.15, -0.1) is 0 Å². The lowest BCUT2D eigenvalue weighted by Crippen LogP contribution is -2.12. The van der Waals surface area contributed by atoms with E-state index in [1.54, 1.807) is 13.8 Å². The fourth-order valence-corrected chi connectivity index (χ4v) is 0.595. The van der Waals surface area contributed by atoms with Crippen LogP contribution in [0.4, 0.5) is 0 Å². The highest BCUT2D eigenvalue weighted by molar-refractivity contribution is 5.98. The number of ether oxygens (including phenoxy) is 2. The Hall–Kier alpha value is -2.02. The highest BCUT2D eigenvalue weighted by atomic mass is 16.5. The molecule has 0 rings (SSSR count). The van der Waals surface area contributed by atoms with Crippen molar-refractivity contribution in [3.05, 3.63) is 25.3 Å². The van der Waals surface area contributed by atoms with Gasteiger partial charge in [-0.1, -0.05) is 25.3 Å². The van der Waals surface area contributed by atoms with E-state index in [-0.39, 0.29) is 0 Å². The van der Waals surface area contributed by atoms with Gasteiger partial charge >= 0.3 is 11.9 Å². The quantitative estimate of drug-likeness (QED) is 0.310. The summed E-state index contributed by atoms with van der Waals surface area (Å²) in [6, 6.07) is 0. The van der Waals surface area contributed by atoms with E-state index < -0.39 is 24.1 Å². The van der Waals surface area contributed by atoms with Crippen LogP contribution < -0.4 is 0 Å². The van der Waals surface area contributed by atoms with E-state index in [9.17, 15) is 9.59 Å². The third kappa shape index (κ3) is 6.44. The van der Waals surface area contributed by atoms with Gasteiger partial charge < -0.3 is 9.47 Å². The van der Waals surface area contributed by atoms with Gasteiger partial charge in [0, 0.05) is 11.8 Å². The van der Waals surface area contributed by atoms with Crippen molar-refractivity contribution >= 4 is 11.9 Å². The van der Waals surface area contributed by atoms with Crippen LogP contribution in [0.25, 0.3) is 0 Å². The lowest BCUT2D eigenvalue weighted by molar-refractivity contribution is -0.141. The first-order valence-corrected chi connectivity index (χ1v) is 4.68. The Bertz CT molecular complexity index is 314. The first-order valence-electron chi connectivity index (χ1n) is 4.68. The second-order valence-electron chi connectivity index (χ2n) is 2.94. The predicted molar refractivity (Wildman–Crippen MR) is 59.3 cm³/mol. The zero-order valence-corrected chi connectivity index (χ0v) is 9.36. The average Bonchev–Trinajstić information content (AvgIpc) is 2.26. The molecule has 2 atom stereocenters. The predicted octanol–water partition coefficient (Wildman–Crippen LogP) is 1.23. The molecule has 0 radical (unpaired) electrons. The molecule has 0 amide bonds. The van der Waals surface area contributed by atoms with Crippen LogP contribution in [-0.4, -0.2) is 24.1 Å². The maximum absolute atomic E-state index is 11.0. The summed E-state index contributed by atoms with van der Waals surface area (Å²) < 4.78 is 9.45. The van der Waals surface area contributed by atoms with Crippen molar-refractivity contribution in [2.45, 2.75) is 26.1 Å². The van der Waals surface area contributed by atoms with Crippen LogP contribution in [0.5, 0.6) is 0 Å². The smallest absolute Gasteiger partial charge is 0.385 e. The molecule has 0 bridgehead atoms. The molecule has 0 saturated carbocycles. The van der Waals surface area contributed by atoms with Crippen LogP contribution >= 0.6 is 0 Å². The summed E-state index contributed by atoms with van der Waals surface area (Å²) in [7, 11) is 0. The molecule has 4 heteroatoms. The highest BCUT2D eigenvalue weighted by Gasteiger charge is 2.05. The SMILES string of the molecule is C=CC(C)OC(=O)C#CC(=O)OC(C)C=C. The van der Waals surface area contributed by atoms with E-state index in [2.05, 4.69) is 13.2 Å². The second-order valence-corrected chi connectivity index (χ2v) is 2.94. The first kappa shape index (κ1) is 14.0. The Labute approximate surface area is 94.9 Å². The zero-order valence-electron chi connectivity index (χ0n) is 9.36. The molecule has 0 aromatic carbocycles. The molecule has 16 heavy (non-hydrogen) atoms. The second kappa shape index (κ2) is 7.30. The van der Waals surface area contributed by atoms with E-state index in [4.69, 9.17) is 9.47 Å². The molecule has 0 aliphatic heterocycles. The minimum Gasteiger partial charge on any atom is -0.449 e. The van der Waals surface area contributed by atoms with E-state index in [0.29, 0.717) is 0 Å². The minimum atomic E-state index is -0.796. The van der Waals surface area contributed by atoms with Gasteiger partial charge in [-0.2, -0.15) is 0 Å². The minimum absolute atomic E-state index is 0.440. The molecular formula is C12H14O4. The molecule has 0 saturated heterocycles. The van der Waals surface area contributed by atoms with E-state index >= 15 is 0 Å². The molecule has 4 nitrogen and oxygen atoms in total. The Morgan fingerprint density at radius 1 is 1.00 bits per heavy atom. The van der Waals surface area contributed by atoms with Crippen LogP contribution in [0.2, 0.25) is 0 Å². The molecule has 86 valence electrons. The van der Waals surface area contributed by atoms with Crippen LogP contribution in [0.15, 0.2) is 25.3 Å². The Balaban J connectivity index is 4.17. The molecule has 0 aromatic rings. The van der Waals surface area contributed by atoms with Crippen molar-refractivity contribution in [1.29, 1.82) is 0 Å². The van der Waals surface area contributed by atoms with Gasteiger partial charge in [0.1, 0.15) is 12.2 Å². The molecule has 0 aliphatic rings. The molecular weight excluding hydrogens is 208 g/mol. The zero-order chi connectivity index (χ0) is 12.6. The summed E-state index contributed by atoms with van der Waals surface area (Å²) in [5.74, 6) is 2.43. The number of esters is 2. The Morgan fingerprint density at radius 2 is 1.31 bits per heavy atom. The largest absolute Gasteiger partial charge is 0.449 e. The molecule has 0 spiro atoms. The molecule has 0 aliphatic carbocycles. The summed E-state index contributed by atoms with van der Waals surface area (Å²) in [5, 5.41) is 0. The molecule has 0 aromatic heterocycles. The van der Waals surface area contributed by atoms with Gasteiger partial charge in [0.2, 0.25) is 0 Å². The summed E-state index contributed by atoms with van der Waals surface area (Å²) in [5.41, 5.74) is 0. The van der Waals surface area contributed by atoms with Crippen molar-refractivity contribution in [3.8, 4) is 11.8 Å². The lowest BCUT2D eigenvalue weighted by Gasteiger charge is -2.04. The van der Waals surface area contributed by atoms with E-state index in [1.807, 2.05) is 11.8 Å². The van der Waals surface area contributed by atoms with Gasteiger partial charge in [-0.05, 0) is 13.8 Å². The highest BCUT2D eigenvalue weighted by Crippen LogP contribution is 1.92. The molecule has 0 N–H and O–H groups in total. The molecule has 0 fully saturated rings. The van der Waals surface area contributed by atoms with Crippen molar-refractivity contribution in [1.82, 2.24) is 0 Å². The first-order chi connectivity index (χ1) is 7.49. The number of rotatable bonds is 4. The van der Waals surface area contributed by atoms with Crippen LogP contribution in [0.1, 0.15) is 13.8 Å². The van der Waals surface area contributed by atoms with Crippen molar-refractivity contribution < 1.29 is 19.1 Å². The van der Waals surface area contributed by atoms with E-state index in [0.717, 1.165) is 0 Å². The lowest BCUT2D eigenvalue weighted by atomic mass is 10.4. The standard InChI is InChI=1S/C12H14O4/c1-5-9(3)15-11(13)7-8-12(14)16-10(4)6-2/h5-6,9-10H,1-2H2,3-4H3. The summed E-state index contributed by atoms with van der Waals surface area (Å²) in [4.78, 5) is 22.0. The van der Waals surface area contributed by atoms with Crippen molar-refractivity contribution in [2.75, 3.05) is 0 Å². The van der Waals surface area contributed by atoms with E-state index in [1.165, 1.54) is 12.2 Å². The topological polar surface area (TPSA) is 52.6 Å². The van der Waals surface area contributed by atoms with Crippen LogP contribution in [0.3, 0.4) is 0 Å². The average molecular weight is 222 g/mol. The molecule has 2 unspecified atom stereocenters. The van der Waals surface area contributed by atoms with Gasteiger partial charge in [0.25, 0.3) is 0 Å². The summed E-state index contributed by atoms with van der Waals surface area (Å²) in [6.45, 7) is 10.1. The van der Waals surface area contributed by atoms with Gasteiger partial charge in [0.15, 0.2) is 0 Å². The third-order valence-electron chi connectivity index (χ3n) is 1.52. The number of carbonyl (C=O) groups excluding carboxylic acids is 2. The summed E-state index contributed by atoms with van der Waals surface area (Å²) in [6.07, 6.45) is 2.00. The number of carbonyl (C=O) groups is 2. The van der Waals surface area contributed by atoms with Gasteiger partial charge in [-0.25, -0.2) is 9.59 Å². The number of hydrogen-bond acceptors (Lipinski definition) is 4. The third-order valence-corrected chi connectivity index (χ3v) is 1.52. The normalized spacial score (nSPS) is 12.4.